The molecule has 0 saturated heterocycles. The van der Waals surface area contributed by atoms with Crippen LogP contribution in [0.3, 0.4) is 0 Å². The average Bonchev–Trinajstić information content (AvgIpc) is 2.93. The van der Waals surface area contributed by atoms with Crippen molar-refractivity contribution in [2.24, 2.45) is 0 Å². The van der Waals surface area contributed by atoms with Gasteiger partial charge in [-0.3, -0.25) is 0 Å². The van der Waals surface area contributed by atoms with Crippen LogP contribution in [0.2, 0.25) is 0 Å². The molecule has 0 spiro atoms. The molecule has 19 heavy (non-hydrogen) atoms. The van der Waals surface area contributed by atoms with Crippen LogP contribution >= 0.6 is 0 Å². The molecule has 2 aromatic rings. The van der Waals surface area contributed by atoms with Crippen LogP contribution in [0.15, 0.2) is 36.4 Å². The summed E-state index contributed by atoms with van der Waals surface area (Å²) in [5, 5.41) is 3.29. The Hall–Kier alpha value is -2.43. The first kappa shape index (κ1) is 11.6. The minimum atomic E-state index is 0.288. The largest absolute Gasteiger partial charge is 0.481 e. The lowest BCUT2D eigenvalue weighted by molar-refractivity contribution is 0.174. The normalized spacial score (nSPS) is 12.3. The monoisotopic (exact) mass is 258 g/mol. The number of hydrogen-bond donors (Lipinski definition) is 1. The summed E-state index contributed by atoms with van der Waals surface area (Å²) in [5.74, 6) is 2.17. The van der Waals surface area contributed by atoms with E-state index in [9.17, 15) is 0 Å². The van der Waals surface area contributed by atoms with Gasteiger partial charge in [-0.25, -0.2) is 4.98 Å². The molecule has 5 nitrogen and oxygen atoms in total. The van der Waals surface area contributed by atoms with E-state index in [1.54, 1.807) is 7.11 Å². The Morgan fingerprint density at radius 3 is 3.00 bits per heavy atom. The Kier molecular flexibility index (Phi) is 3.10. The molecule has 0 bridgehead atoms. The summed E-state index contributed by atoms with van der Waals surface area (Å²) in [5.41, 5.74) is 1.88. The number of hydrogen-bond acceptors (Lipinski definition) is 5. The van der Waals surface area contributed by atoms with Crippen molar-refractivity contribution in [2.75, 3.05) is 19.2 Å². The molecule has 0 unspecified atom stereocenters. The quantitative estimate of drug-likeness (QED) is 0.912. The van der Waals surface area contributed by atoms with Gasteiger partial charge in [-0.2, -0.15) is 0 Å². The Morgan fingerprint density at radius 1 is 1.21 bits per heavy atom. The first-order chi connectivity index (χ1) is 9.35. The van der Waals surface area contributed by atoms with E-state index in [1.165, 1.54) is 0 Å². The second kappa shape index (κ2) is 5.06. The number of nitrogens with zero attached hydrogens (tertiary/aromatic N) is 1. The van der Waals surface area contributed by atoms with Gasteiger partial charge in [0.1, 0.15) is 0 Å². The minimum absolute atomic E-state index is 0.288. The van der Waals surface area contributed by atoms with E-state index < -0.39 is 0 Å². The molecule has 1 N–H and O–H groups in total. The Morgan fingerprint density at radius 2 is 2.11 bits per heavy atom. The minimum Gasteiger partial charge on any atom is -0.481 e. The smallest absolute Gasteiger partial charge is 0.231 e. The number of pyridine rings is 1. The predicted octanol–water partition coefficient (Wildman–Crippen LogP) is 2.43. The van der Waals surface area contributed by atoms with Gasteiger partial charge in [-0.05, 0) is 18.2 Å². The third kappa shape index (κ3) is 2.54. The summed E-state index contributed by atoms with van der Waals surface area (Å²) in [7, 11) is 1.61. The van der Waals surface area contributed by atoms with E-state index in [4.69, 9.17) is 14.2 Å². The standard InChI is InChI=1S/C14H14N2O3/c1-17-14-4-2-3-11(16-14)8-15-10-5-6-12-13(7-10)19-9-18-12/h2-7,15H,8-9H2,1H3. The molecular formula is C14H14N2O3. The number of rotatable bonds is 4. The third-order valence-corrected chi connectivity index (χ3v) is 2.84. The van der Waals surface area contributed by atoms with E-state index in [2.05, 4.69) is 10.3 Å². The van der Waals surface area contributed by atoms with Crippen molar-refractivity contribution in [3.05, 3.63) is 42.1 Å². The van der Waals surface area contributed by atoms with Crippen molar-refractivity contribution in [1.29, 1.82) is 0 Å². The molecule has 1 aliphatic heterocycles. The number of fused-ring (bicyclic) bond motifs is 1. The molecule has 0 amide bonds. The molecule has 0 saturated carbocycles. The first-order valence-electron chi connectivity index (χ1n) is 5.98. The van der Waals surface area contributed by atoms with Gasteiger partial charge in [0, 0.05) is 17.8 Å². The van der Waals surface area contributed by atoms with Gasteiger partial charge >= 0.3 is 0 Å². The molecule has 98 valence electrons. The topological polar surface area (TPSA) is 52.6 Å². The van der Waals surface area contributed by atoms with Gasteiger partial charge in [0.2, 0.25) is 12.7 Å². The van der Waals surface area contributed by atoms with E-state index in [1.807, 2.05) is 36.4 Å². The second-order valence-electron chi connectivity index (χ2n) is 4.09. The van der Waals surface area contributed by atoms with E-state index in [0.717, 1.165) is 22.9 Å². The second-order valence-corrected chi connectivity index (χ2v) is 4.09. The fourth-order valence-corrected chi connectivity index (χ4v) is 1.87. The highest BCUT2D eigenvalue weighted by atomic mass is 16.7. The SMILES string of the molecule is COc1cccc(CNc2ccc3c(c2)OCO3)n1. The molecular weight excluding hydrogens is 244 g/mol. The van der Waals surface area contributed by atoms with Gasteiger partial charge in [0.15, 0.2) is 11.5 Å². The van der Waals surface area contributed by atoms with Gasteiger partial charge in [-0.15, -0.1) is 0 Å². The fourth-order valence-electron chi connectivity index (χ4n) is 1.87. The zero-order valence-electron chi connectivity index (χ0n) is 10.6. The fraction of sp³-hybridized carbons (Fsp3) is 0.214. The van der Waals surface area contributed by atoms with Crippen molar-refractivity contribution in [3.63, 3.8) is 0 Å². The number of benzene rings is 1. The summed E-state index contributed by atoms with van der Waals surface area (Å²) in [6.45, 7) is 0.910. The molecule has 0 atom stereocenters. The average molecular weight is 258 g/mol. The summed E-state index contributed by atoms with van der Waals surface area (Å²) >= 11 is 0. The maximum atomic E-state index is 5.33. The van der Waals surface area contributed by atoms with Crippen molar-refractivity contribution in [1.82, 2.24) is 4.98 Å². The van der Waals surface area contributed by atoms with Crippen LogP contribution in [0.25, 0.3) is 0 Å². The molecule has 2 heterocycles. The summed E-state index contributed by atoms with van der Waals surface area (Å²) in [6.07, 6.45) is 0. The Bertz CT molecular complexity index is 587. The molecule has 1 aromatic carbocycles. The Balaban J connectivity index is 1.68. The molecule has 1 aliphatic rings. The number of nitrogens with one attached hydrogen (secondary N) is 1. The van der Waals surface area contributed by atoms with Gasteiger partial charge in [0.25, 0.3) is 0 Å². The van der Waals surface area contributed by atoms with Crippen molar-refractivity contribution in [2.45, 2.75) is 6.54 Å². The molecule has 0 fully saturated rings. The van der Waals surface area contributed by atoms with Crippen molar-refractivity contribution in [3.8, 4) is 17.4 Å². The zero-order chi connectivity index (χ0) is 13.1. The highest BCUT2D eigenvalue weighted by molar-refractivity contribution is 5.55. The molecule has 5 heteroatoms. The third-order valence-electron chi connectivity index (χ3n) is 2.84. The lowest BCUT2D eigenvalue weighted by Gasteiger charge is -2.07. The number of anilines is 1. The summed E-state index contributed by atoms with van der Waals surface area (Å²) in [6, 6.07) is 11.5. The van der Waals surface area contributed by atoms with E-state index >= 15 is 0 Å². The molecule has 1 aromatic heterocycles. The van der Waals surface area contributed by atoms with Crippen LogP contribution in [0.1, 0.15) is 5.69 Å². The highest BCUT2D eigenvalue weighted by Crippen LogP contribution is 2.34. The van der Waals surface area contributed by atoms with Crippen molar-refractivity contribution < 1.29 is 14.2 Å². The molecule has 0 aliphatic carbocycles. The van der Waals surface area contributed by atoms with Crippen molar-refractivity contribution >= 4 is 5.69 Å². The van der Waals surface area contributed by atoms with Gasteiger partial charge in [-0.1, -0.05) is 6.07 Å². The number of methoxy groups -OCH3 is 1. The molecule has 0 radical (unpaired) electrons. The summed E-state index contributed by atoms with van der Waals surface area (Å²) in [4.78, 5) is 4.34. The van der Waals surface area contributed by atoms with Crippen LogP contribution in [0.5, 0.6) is 17.4 Å². The highest BCUT2D eigenvalue weighted by Gasteiger charge is 2.12. The summed E-state index contributed by atoms with van der Waals surface area (Å²) < 4.78 is 15.7. The van der Waals surface area contributed by atoms with E-state index in [-0.39, 0.29) is 6.79 Å². The first-order valence-corrected chi connectivity index (χ1v) is 5.98. The lowest BCUT2D eigenvalue weighted by atomic mass is 10.2. The molecule has 3 rings (SSSR count). The van der Waals surface area contributed by atoms with Gasteiger partial charge < -0.3 is 19.5 Å². The number of ether oxygens (including phenoxy) is 3. The predicted molar refractivity (Wildman–Crippen MR) is 70.7 cm³/mol. The lowest BCUT2D eigenvalue weighted by Crippen LogP contribution is -2.02. The maximum Gasteiger partial charge on any atom is 0.231 e. The van der Waals surface area contributed by atoms with Crippen LogP contribution in [0.4, 0.5) is 5.69 Å². The number of aromatic nitrogens is 1. The van der Waals surface area contributed by atoms with E-state index in [0.29, 0.717) is 12.4 Å². The maximum absolute atomic E-state index is 5.33. The van der Waals surface area contributed by atoms with Crippen LogP contribution in [0, 0.1) is 0 Å². The Labute approximate surface area is 111 Å². The van der Waals surface area contributed by atoms with Crippen LogP contribution in [-0.2, 0) is 6.54 Å². The van der Waals surface area contributed by atoms with Gasteiger partial charge in [0.05, 0.1) is 19.3 Å². The zero-order valence-corrected chi connectivity index (χ0v) is 10.6. The van der Waals surface area contributed by atoms with Crippen LogP contribution in [-0.4, -0.2) is 18.9 Å². The van der Waals surface area contributed by atoms with Crippen LogP contribution < -0.4 is 19.5 Å².